The summed E-state index contributed by atoms with van der Waals surface area (Å²) in [5.41, 5.74) is -0.0417. The molecule has 2 N–H and O–H groups in total. The Hall–Kier alpha value is -2.87. The van der Waals surface area contributed by atoms with Crippen molar-refractivity contribution >= 4 is 17.6 Å². The number of hydrogen-bond donors (Lipinski definition) is 2. The first-order valence-corrected chi connectivity index (χ1v) is 8.46. The topological polar surface area (TPSA) is 94.5 Å². The minimum absolute atomic E-state index is 0.0917. The number of aromatic nitrogens is 2. The van der Waals surface area contributed by atoms with E-state index >= 15 is 0 Å². The first-order valence-electron chi connectivity index (χ1n) is 8.46. The van der Waals surface area contributed by atoms with Gasteiger partial charge in [0.15, 0.2) is 6.61 Å². The van der Waals surface area contributed by atoms with Gasteiger partial charge in [0.25, 0.3) is 5.91 Å². The maximum absolute atomic E-state index is 13.0. The van der Waals surface area contributed by atoms with E-state index in [1.54, 1.807) is 35.1 Å². The summed E-state index contributed by atoms with van der Waals surface area (Å²) in [5, 5.41) is 10.6. The monoisotopic (exact) mass is 358 g/mol. The molecule has 1 aliphatic rings. The number of carbonyl (C=O) groups is 2. The molecule has 0 radical (unpaired) electrons. The third-order valence-electron chi connectivity index (χ3n) is 4.49. The number of benzene rings is 1. The number of ether oxygens (including phenoxy) is 2. The molecule has 1 aromatic carbocycles. The van der Waals surface area contributed by atoms with Crippen molar-refractivity contribution in [1.82, 2.24) is 15.1 Å². The maximum Gasteiger partial charge on any atom is 0.343 e. The van der Waals surface area contributed by atoms with Crippen LogP contribution >= 0.6 is 0 Å². The molecule has 1 aromatic heterocycles. The van der Waals surface area contributed by atoms with Crippen molar-refractivity contribution in [2.75, 3.05) is 32.1 Å². The van der Waals surface area contributed by atoms with Crippen molar-refractivity contribution in [2.24, 2.45) is 0 Å². The zero-order valence-corrected chi connectivity index (χ0v) is 14.6. The van der Waals surface area contributed by atoms with Gasteiger partial charge in [-0.15, -0.1) is 0 Å². The molecule has 0 unspecified atom stereocenters. The third-order valence-corrected chi connectivity index (χ3v) is 4.49. The molecule has 1 saturated heterocycles. The molecule has 0 bridgehead atoms. The van der Waals surface area contributed by atoms with Crippen molar-refractivity contribution < 1.29 is 19.1 Å². The van der Waals surface area contributed by atoms with Crippen LogP contribution in [0, 0.1) is 0 Å². The van der Waals surface area contributed by atoms with Gasteiger partial charge in [-0.1, -0.05) is 0 Å². The van der Waals surface area contributed by atoms with E-state index in [0.717, 1.165) is 13.1 Å². The van der Waals surface area contributed by atoms with E-state index in [0.29, 0.717) is 24.3 Å². The van der Waals surface area contributed by atoms with Crippen molar-refractivity contribution in [3.8, 4) is 5.75 Å². The summed E-state index contributed by atoms with van der Waals surface area (Å²) in [5.74, 6) is -0.0163. The lowest BCUT2D eigenvalue weighted by atomic mass is 9.87. The Kier molecular flexibility index (Phi) is 5.52. The van der Waals surface area contributed by atoms with Crippen LogP contribution in [0.25, 0.3) is 0 Å². The van der Waals surface area contributed by atoms with Crippen LogP contribution < -0.4 is 15.4 Å². The number of amides is 1. The highest BCUT2D eigenvalue weighted by molar-refractivity contribution is 5.96. The zero-order valence-electron chi connectivity index (χ0n) is 14.6. The number of nitrogens with zero attached hydrogens (tertiary/aromatic N) is 2. The summed E-state index contributed by atoms with van der Waals surface area (Å²) < 4.78 is 11.6. The second-order valence-electron chi connectivity index (χ2n) is 6.08. The Morgan fingerprint density at radius 3 is 2.62 bits per heavy atom. The molecular formula is C18H22N4O4. The van der Waals surface area contributed by atoms with Gasteiger partial charge in [0.2, 0.25) is 0 Å². The van der Waals surface area contributed by atoms with Gasteiger partial charge < -0.3 is 20.1 Å². The van der Waals surface area contributed by atoms with E-state index in [1.165, 1.54) is 7.11 Å². The Morgan fingerprint density at radius 2 is 2.00 bits per heavy atom. The fraction of sp³-hybridized carbons (Fsp3) is 0.389. The highest BCUT2D eigenvalue weighted by Crippen LogP contribution is 2.29. The summed E-state index contributed by atoms with van der Waals surface area (Å²) in [7, 11) is 1.31. The van der Waals surface area contributed by atoms with Gasteiger partial charge in [0, 0.05) is 18.1 Å². The van der Waals surface area contributed by atoms with E-state index in [-0.39, 0.29) is 12.5 Å². The molecule has 0 saturated carbocycles. The van der Waals surface area contributed by atoms with Gasteiger partial charge in [-0.2, -0.15) is 5.10 Å². The molecule has 3 rings (SSSR count). The first kappa shape index (κ1) is 17.9. The lowest BCUT2D eigenvalue weighted by molar-refractivity contribution is -0.142. The van der Waals surface area contributed by atoms with E-state index in [2.05, 4.69) is 20.5 Å². The smallest absolute Gasteiger partial charge is 0.343 e. The first-order chi connectivity index (χ1) is 12.6. The fourth-order valence-electron chi connectivity index (χ4n) is 3.01. The standard InChI is InChI=1S/C18H22N4O4/c1-25-16(23)13-26-15-5-3-14(4-6-15)21-17(24)18(7-10-19-11-8-18)22-12-2-9-20-22/h2-6,9,12,19H,7-8,10-11,13H2,1H3,(H,21,24). The van der Waals surface area contributed by atoms with Crippen LogP contribution in [0.15, 0.2) is 42.7 Å². The highest BCUT2D eigenvalue weighted by Gasteiger charge is 2.42. The Bertz CT molecular complexity index is 737. The minimum atomic E-state index is -0.700. The quantitative estimate of drug-likeness (QED) is 0.753. The summed E-state index contributed by atoms with van der Waals surface area (Å²) in [4.78, 5) is 24.1. The molecule has 0 spiro atoms. The van der Waals surface area contributed by atoms with Crippen molar-refractivity contribution in [2.45, 2.75) is 18.4 Å². The van der Waals surface area contributed by atoms with Crippen LogP contribution in [0.3, 0.4) is 0 Å². The summed E-state index contributed by atoms with van der Waals surface area (Å²) in [6.45, 7) is 1.36. The average molecular weight is 358 g/mol. The predicted octanol–water partition coefficient (Wildman–Crippen LogP) is 1.15. The summed E-state index contributed by atoms with van der Waals surface area (Å²) in [6.07, 6.45) is 4.85. The molecule has 1 aliphatic heterocycles. The molecule has 2 aromatic rings. The Balaban J connectivity index is 1.69. The molecule has 1 fully saturated rings. The van der Waals surface area contributed by atoms with Crippen LogP contribution in [-0.4, -0.2) is 48.5 Å². The average Bonchev–Trinajstić information content (AvgIpc) is 3.23. The number of esters is 1. The Morgan fingerprint density at radius 1 is 1.27 bits per heavy atom. The van der Waals surface area contributed by atoms with E-state index in [4.69, 9.17) is 4.74 Å². The lowest BCUT2D eigenvalue weighted by Gasteiger charge is -2.36. The highest BCUT2D eigenvalue weighted by atomic mass is 16.6. The number of carbonyl (C=O) groups excluding carboxylic acids is 2. The summed E-state index contributed by atoms with van der Waals surface area (Å²) >= 11 is 0. The number of rotatable bonds is 6. The normalized spacial score (nSPS) is 15.9. The van der Waals surface area contributed by atoms with Gasteiger partial charge in [-0.25, -0.2) is 4.79 Å². The molecular weight excluding hydrogens is 336 g/mol. The predicted molar refractivity (Wildman–Crippen MR) is 94.9 cm³/mol. The number of anilines is 1. The molecule has 138 valence electrons. The Labute approximate surface area is 151 Å². The maximum atomic E-state index is 13.0. The number of nitrogens with one attached hydrogen (secondary N) is 2. The SMILES string of the molecule is COC(=O)COc1ccc(NC(=O)C2(n3cccn3)CCNCC2)cc1. The van der Waals surface area contributed by atoms with E-state index in [1.807, 2.05) is 12.3 Å². The van der Waals surface area contributed by atoms with E-state index in [9.17, 15) is 9.59 Å². The molecule has 26 heavy (non-hydrogen) atoms. The third kappa shape index (κ3) is 3.85. The molecule has 2 heterocycles. The fourth-order valence-corrected chi connectivity index (χ4v) is 3.01. The van der Waals surface area contributed by atoms with Gasteiger partial charge in [-0.3, -0.25) is 9.48 Å². The summed E-state index contributed by atoms with van der Waals surface area (Å²) in [6, 6.07) is 8.69. The number of methoxy groups -OCH3 is 1. The van der Waals surface area contributed by atoms with Gasteiger partial charge in [0.05, 0.1) is 7.11 Å². The second kappa shape index (κ2) is 8.01. The molecule has 0 aliphatic carbocycles. The molecule has 8 heteroatoms. The molecule has 1 amide bonds. The van der Waals surface area contributed by atoms with Crippen molar-refractivity contribution in [3.63, 3.8) is 0 Å². The lowest BCUT2D eigenvalue weighted by Crippen LogP contribution is -2.52. The van der Waals surface area contributed by atoms with Gasteiger partial charge in [0.1, 0.15) is 11.3 Å². The van der Waals surface area contributed by atoms with Gasteiger partial charge in [-0.05, 0) is 56.3 Å². The van der Waals surface area contributed by atoms with Crippen molar-refractivity contribution in [3.05, 3.63) is 42.7 Å². The molecule has 8 nitrogen and oxygen atoms in total. The van der Waals surface area contributed by atoms with E-state index < -0.39 is 11.5 Å². The number of piperidine rings is 1. The van der Waals surface area contributed by atoms with Crippen LogP contribution in [0.5, 0.6) is 5.75 Å². The van der Waals surface area contributed by atoms with Crippen LogP contribution in [-0.2, 0) is 19.9 Å². The van der Waals surface area contributed by atoms with Crippen LogP contribution in [0.4, 0.5) is 5.69 Å². The minimum Gasteiger partial charge on any atom is -0.482 e. The number of hydrogen-bond acceptors (Lipinski definition) is 6. The van der Waals surface area contributed by atoms with Gasteiger partial charge >= 0.3 is 5.97 Å². The zero-order chi connectivity index (χ0) is 18.4. The van der Waals surface area contributed by atoms with Crippen LogP contribution in [0.2, 0.25) is 0 Å². The van der Waals surface area contributed by atoms with Crippen molar-refractivity contribution in [1.29, 1.82) is 0 Å². The van der Waals surface area contributed by atoms with Crippen LogP contribution in [0.1, 0.15) is 12.8 Å². The second-order valence-corrected chi connectivity index (χ2v) is 6.08. The largest absolute Gasteiger partial charge is 0.482 e. The molecule has 0 atom stereocenters.